The van der Waals surface area contributed by atoms with Gasteiger partial charge in [0.05, 0.1) is 12.3 Å². The maximum absolute atomic E-state index is 12.4. The highest BCUT2D eigenvalue weighted by molar-refractivity contribution is 7.88. The molecule has 0 spiro atoms. The zero-order valence-corrected chi connectivity index (χ0v) is 14.9. The Labute approximate surface area is 139 Å². The molecule has 0 saturated carbocycles. The van der Waals surface area contributed by atoms with Crippen molar-refractivity contribution in [3.8, 4) is 0 Å². The standard InChI is InChI=1S/C18H27NO3S/c1-3-4-5-6-7-11-14-16(20)18-17(19(18)23(2,21)22)15-12-9-8-10-13-15/h8-10,12-13,17-18H,3-7,11,14H2,1-2H3. The predicted octanol–water partition coefficient (Wildman–Crippen LogP) is 3.69. The van der Waals surface area contributed by atoms with E-state index in [1.54, 1.807) is 0 Å². The van der Waals surface area contributed by atoms with E-state index < -0.39 is 16.1 Å². The van der Waals surface area contributed by atoms with E-state index in [0.29, 0.717) is 6.42 Å². The van der Waals surface area contributed by atoms with Crippen molar-refractivity contribution in [1.29, 1.82) is 0 Å². The third-order valence-electron chi connectivity index (χ3n) is 4.39. The number of carbonyl (C=O) groups excluding carboxylic acids is 1. The van der Waals surface area contributed by atoms with E-state index in [9.17, 15) is 13.2 Å². The number of unbranched alkanes of at least 4 members (excludes halogenated alkanes) is 5. The van der Waals surface area contributed by atoms with Crippen LogP contribution >= 0.6 is 0 Å². The summed E-state index contributed by atoms with van der Waals surface area (Å²) in [4.78, 5) is 12.4. The normalized spacial score (nSPS) is 23.7. The van der Waals surface area contributed by atoms with E-state index in [2.05, 4.69) is 6.92 Å². The van der Waals surface area contributed by atoms with Gasteiger partial charge in [-0.25, -0.2) is 8.42 Å². The first-order valence-electron chi connectivity index (χ1n) is 8.53. The number of benzene rings is 1. The largest absolute Gasteiger partial charge is 0.298 e. The van der Waals surface area contributed by atoms with Crippen LogP contribution in [0.25, 0.3) is 0 Å². The zero-order chi connectivity index (χ0) is 16.9. The molecule has 1 aromatic carbocycles. The molecule has 3 atom stereocenters. The van der Waals surface area contributed by atoms with Gasteiger partial charge in [0, 0.05) is 6.42 Å². The summed E-state index contributed by atoms with van der Waals surface area (Å²) in [5, 5.41) is 0. The Balaban J connectivity index is 1.90. The summed E-state index contributed by atoms with van der Waals surface area (Å²) in [5.41, 5.74) is 0.902. The number of Topliss-reactive ketones (excluding diaryl/α,β-unsaturated/α-hetero) is 1. The summed E-state index contributed by atoms with van der Waals surface area (Å²) >= 11 is 0. The average molecular weight is 337 g/mol. The van der Waals surface area contributed by atoms with Crippen molar-refractivity contribution in [3.05, 3.63) is 35.9 Å². The fourth-order valence-electron chi connectivity index (χ4n) is 3.15. The summed E-state index contributed by atoms with van der Waals surface area (Å²) in [6, 6.07) is 8.63. The lowest BCUT2D eigenvalue weighted by Gasteiger charge is -2.01. The van der Waals surface area contributed by atoms with E-state index in [-0.39, 0.29) is 11.8 Å². The van der Waals surface area contributed by atoms with Gasteiger partial charge in [0.25, 0.3) is 0 Å². The average Bonchev–Trinajstić information content (AvgIpc) is 3.27. The topological polar surface area (TPSA) is 54.2 Å². The first kappa shape index (κ1) is 18.1. The molecule has 4 nitrogen and oxygen atoms in total. The molecular weight excluding hydrogens is 310 g/mol. The maximum atomic E-state index is 12.4. The van der Waals surface area contributed by atoms with Crippen molar-refractivity contribution in [2.45, 2.75) is 64.0 Å². The molecule has 0 aromatic heterocycles. The van der Waals surface area contributed by atoms with Crippen LogP contribution in [-0.4, -0.2) is 30.8 Å². The quantitative estimate of drug-likeness (QED) is 0.483. The maximum Gasteiger partial charge on any atom is 0.212 e. The number of sulfonamides is 1. The Kier molecular flexibility index (Phi) is 6.36. The van der Waals surface area contributed by atoms with Gasteiger partial charge in [0.1, 0.15) is 6.04 Å². The SMILES string of the molecule is CCCCCCCCC(=O)C1C(c2ccccc2)N1S(C)(=O)=O. The molecule has 5 heteroatoms. The predicted molar refractivity (Wildman–Crippen MR) is 92.7 cm³/mol. The van der Waals surface area contributed by atoms with Gasteiger partial charge in [-0.1, -0.05) is 69.4 Å². The van der Waals surface area contributed by atoms with E-state index >= 15 is 0 Å². The minimum atomic E-state index is -3.35. The fraction of sp³-hybridized carbons (Fsp3) is 0.611. The lowest BCUT2D eigenvalue weighted by Crippen LogP contribution is -2.17. The van der Waals surface area contributed by atoms with Crippen molar-refractivity contribution in [3.63, 3.8) is 0 Å². The first-order valence-corrected chi connectivity index (χ1v) is 10.4. The first-order chi connectivity index (χ1) is 11.0. The van der Waals surface area contributed by atoms with Crippen LogP contribution in [0.2, 0.25) is 0 Å². The molecule has 1 aliphatic rings. The smallest absolute Gasteiger partial charge is 0.212 e. The van der Waals surface area contributed by atoms with Gasteiger partial charge in [-0.15, -0.1) is 0 Å². The summed E-state index contributed by atoms with van der Waals surface area (Å²) in [6.45, 7) is 2.18. The summed E-state index contributed by atoms with van der Waals surface area (Å²) in [7, 11) is -3.35. The van der Waals surface area contributed by atoms with Crippen molar-refractivity contribution >= 4 is 15.8 Å². The molecule has 0 N–H and O–H groups in total. The van der Waals surface area contributed by atoms with Gasteiger partial charge in [-0.3, -0.25) is 4.79 Å². The monoisotopic (exact) mass is 337 g/mol. The van der Waals surface area contributed by atoms with Crippen LogP contribution in [0.5, 0.6) is 0 Å². The van der Waals surface area contributed by atoms with Gasteiger partial charge >= 0.3 is 0 Å². The molecule has 1 saturated heterocycles. The van der Waals surface area contributed by atoms with Gasteiger partial charge in [0.15, 0.2) is 5.78 Å². The number of nitrogens with zero attached hydrogens (tertiary/aromatic N) is 1. The van der Waals surface area contributed by atoms with Crippen molar-refractivity contribution in [1.82, 2.24) is 4.31 Å². The van der Waals surface area contributed by atoms with Gasteiger partial charge < -0.3 is 0 Å². The number of hydrogen-bond donors (Lipinski definition) is 0. The molecular formula is C18H27NO3S. The molecule has 1 fully saturated rings. The molecule has 128 valence electrons. The molecule has 0 bridgehead atoms. The van der Waals surface area contributed by atoms with Crippen LogP contribution in [0, 0.1) is 0 Å². The molecule has 0 amide bonds. The van der Waals surface area contributed by atoms with Gasteiger partial charge in [0.2, 0.25) is 10.0 Å². The number of rotatable bonds is 10. The van der Waals surface area contributed by atoms with Crippen LogP contribution in [0.1, 0.15) is 63.5 Å². The second kappa shape index (κ2) is 8.06. The molecule has 1 heterocycles. The summed E-state index contributed by atoms with van der Waals surface area (Å²) < 4.78 is 25.2. The van der Waals surface area contributed by atoms with Gasteiger partial charge in [-0.2, -0.15) is 4.31 Å². The third kappa shape index (κ3) is 4.88. The Hall–Kier alpha value is -1.20. The van der Waals surface area contributed by atoms with Crippen LogP contribution < -0.4 is 0 Å². The molecule has 1 aromatic rings. The summed E-state index contributed by atoms with van der Waals surface area (Å²) in [5.74, 6) is 0.0553. The Morgan fingerprint density at radius 1 is 1.04 bits per heavy atom. The number of hydrogen-bond acceptors (Lipinski definition) is 3. The van der Waals surface area contributed by atoms with E-state index in [4.69, 9.17) is 0 Å². The Morgan fingerprint density at radius 3 is 2.26 bits per heavy atom. The number of ketones is 1. The highest BCUT2D eigenvalue weighted by Gasteiger charge is 2.57. The van der Waals surface area contributed by atoms with Crippen molar-refractivity contribution < 1.29 is 13.2 Å². The van der Waals surface area contributed by atoms with E-state index in [1.807, 2.05) is 30.3 Å². The van der Waals surface area contributed by atoms with E-state index in [0.717, 1.165) is 24.8 Å². The fourth-order valence-corrected chi connectivity index (χ4v) is 4.39. The highest BCUT2D eigenvalue weighted by Crippen LogP contribution is 2.46. The van der Waals surface area contributed by atoms with Crippen LogP contribution in [-0.2, 0) is 14.8 Å². The lowest BCUT2D eigenvalue weighted by atomic mass is 10.0. The lowest BCUT2D eigenvalue weighted by molar-refractivity contribution is -0.119. The van der Waals surface area contributed by atoms with Crippen LogP contribution in [0.15, 0.2) is 30.3 Å². The molecule has 1 aliphatic heterocycles. The highest BCUT2D eigenvalue weighted by atomic mass is 32.2. The molecule has 2 rings (SSSR count). The molecule has 0 radical (unpaired) electrons. The van der Waals surface area contributed by atoms with E-state index in [1.165, 1.54) is 29.8 Å². The second-order valence-electron chi connectivity index (χ2n) is 6.38. The minimum absolute atomic E-state index is 0.0553. The molecule has 23 heavy (non-hydrogen) atoms. The van der Waals surface area contributed by atoms with Crippen LogP contribution in [0.4, 0.5) is 0 Å². The number of carbonyl (C=O) groups is 1. The van der Waals surface area contributed by atoms with Gasteiger partial charge in [-0.05, 0) is 12.0 Å². The Bertz CT molecular complexity index is 612. The molecule has 0 aliphatic carbocycles. The van der Waals surface area contributed by atoms with Crippen molar-refractivity contribution in [2.75, 3.05) is 6.26 Å². The second-order valence-corrected chi connectivity index (χ2v) is 8.27. The van der Waals surface area contributed by atoms with Crippen molar-refractivity contribution in [2.24, 2.45) is 0 Å². The Morgan fingerprint density at radius 2 is 1.65 bits per heavy atom. The summed E-state index contributed by atoms with van der Waals surface area (Å²) in [6.07, 6.45) is 8.40. The molecule has 3 unspecified atom stereocenters. The third-order valence-corrected chi connectivity index (χ3v) is 5.61. The van der Waals surface area contributed by atoms with Crippen LogP contribution in [0.3, 0.4) is 0 Å². The minimum Gasteiger partial charge on any atom is -0.298 e. The zero-order valence-electron chi connectivity index (χ0n) is 14.1.